The van der Waals surface area contributed by atoms with Gasteiger partial charge in [-0.25, -0.2) is 4.39 Å². The maximum absolute atomic E-state index is 13.4. The van der Waals surface area contributed by atoms with Crippen molar-refractivity contribution < 1.29 is 18.8 Å². The Morgan fingerprint density at radius 3 is 2.39 bits per heavy atom. The van der Waals surface area contributed by atoms with Gasteiger partial charge in [0.25, 0.3) is 17.6 Å². The number of halogens is 1. The van der Waals surface area contributed by atoms with Crippen LogP contribution in [0.3, 0.4) is 0 Å². The summed E-state index contributed by atoms with van der Waals surface area (Å²) in [5.41, 5.74) is 2.36. The number of Topliss-reactive ketones (excluding diaryl/α,β-unsaturated/α-hetero) is 1. The van der Waals surface area contributed by atoms with Gasteiger partial charge in [0, 0.05) is 24.5 Å². The maximum Gasteiger partial charge on any atom is 0.294 e. The van der Waals surface area contributed by atoms with Crippen LogP contribution in [0, 0.1) is 26.6 Å². The van der Waals surface area contributed by atoms with Gasteiger partial charge in [0.1, 0.15) is 5.82 Å². The van der Waals surface area contributed by atoms with Gasteiger partial charge in [-0.1, -0.05) is 6.92 Å². The van der Waals surface area contributed by atoms with Crippen molar-refractivity contribution in [2.75, 3.05) is 5.32 Å². The molecule has 2 amide bonds. The highest BCUT2D eigenvalue weighted by Gasteiger charge is 2.28. The molecular formula is C21H26FN3O3. The number of nitrogens with one attached hydrogen (secondary N) is 2. The highest BCUT2D eigenvalue weighted by Crippen LogP contribution is 2.24. The summed E-state index contributed by atoms with van der Waals surface area (Å²) in [6, 6.07) is 4.16. The van der Waals surface area contributed by atoms with Gasteiger partial charge in [0.05, 0.1) is 11.3 Å². The van der Waals surface area contributed by atoms with Crippen LogP contribution >= 0.6 is 0 Å². The summed E-state index contributed by atoms with van der Waals surface area (Å²) in [6.45, 7) is 8.68. The first-order chi connectivity index (χ1) is 13.1. The van der Waals surface area contributed by atoms with Crippen LogP contribution in [-0.4, -0.2) is 28.2 Å². The van der Waals surface area contributed by atoms with E-state index in [1.54, 1.807) is 32.4 Å². The van der Waals surface area contributed by atoms with Crippen molar-refractivity contribution in [1.29, 1.82) is 0 Å². The van der Waals surface area contributed by atoms with Crippen LogP contribution in [0.1, 0.15) is 57.9 Å². The third-order valence-electron chi connectivity index (χ3n) is 4.98. The van der Waals surface area contributed by atoms with Crippen LogP contribution in [0.4, 0.5) is 10.1 Å². The molecule has 0 spiro atoms. The van der Waals surface area contributed by atoms with Crippen LogP contribution in [0.15, 0.2) is 18.2 Å². The largest absolute Gasteiger partial charge is 0.347 e. The van der Waals surface area contributed by atoms with Crippen molar-refractivity contribution in [3.63, 3.8) is 0 Å². The molecule has 0 aliphatic heterocycles. The van der Waals surface area contributed by atoms with E-state index < -0.39 is 17.6 Å². The topological polar surface area (TPSA) is 80.2 Å². The average molecular weight is 387 g/mol. The fraction of sp³-hybridized carbons (Fsp3) is 0.381. The molecule has 0 aliphatic carbocycles. The van der Waals surface area contributed by atoms with Gasteiger partial charge < -0.3 is 15.2 Å². The van der Waals surface area contributed by atoms with Crippen molar-refractivity contribution in [1.82, 2.24) is 9.88 Å². The van der Waals surface area contributed by atoms with E-state index in [9.17, 15) is 18.8 Å². The molecule has 2 rings (SSSR count). The van der Waals surface area contributed by atoms with Gasteiger partial charge in [0.15, 0.2) is 0 Å². The normalized spacial score (nSPS) is 11.8. The Hall–Kier alpha value is -2.96. The Bertz CT molecular complexity index is 947. The average Bonchev–Trinajstić information content (AvgIpc) is 2.86. The number of nitrogens with zero attached hydrogens (tertiary/aromatic N) is 1. The molecule has 0 radical (unpaired) electrons. The Morgan fingerprint density at radius 1 is 1.18 bits per heavy atom. The molecule has 2 aromatic rings. The number of hydrogen-bond acceptors (Lipinski definition) is 3. The summed E-state index contributed by atoms with van der Waals surface area (Å²) in [5, 5.41) is 5.38. The number of amides is 2. The van der Waals surface area contributed by atoms with E-state index in [1.165, 1.54) is 18.2 Å². The number of anilines is 1. The molecule has 2 N–H and O–H groups in total. The molecule has 1 aromatic carbocycles. The lowest BCUT2D eigenvalue weighted by Gasteiger charge is -2.11. The minimum Gasteiger partial charge on any atom is -0.347 e. The number of hydrogen-bond donors (Lipinski definition) is 2. The second-order valence-corrected chi connectivity index (χ2v) is 7.02. The summed E-state index contributed by atoms with van der Waals surface area (Å²) in [6.07, 6.45) is 0.703. The van der Waals surface area contributed by atoms with E-state index in [0.717, 1.165) is 0 Å². The Balaban J connectivity index is 2.35. The molecule has 6 nitrogen and oxygen atoms in total. The Morgan fingerprint density at radius 2 is 1.82 bits per heavy atom. The first kappa shape index (κ1) is 21.3. The van der Waals surface area contributed by atoms with Gasteiger partial charge in [-0.15, -0.1) is 0 Å². The van der Waals surface area contributed by atoms with E-state index >= 15 is 0 Å². The maximum atomic E-state index is 13.4. The minimum absolute atomic E-state index is 0.123. The van der Waals surface area contributed by atoms with Gasteiger partial charge >= 0.3 is 0 Å². The number of rotatable bonds is 6. The molecule has 7 heteroatoms. The molecule has 0 aliphatic rings. The lowest BCUT2D eigenvalue weighted by molar-refractivity contribution is -0.117. The zero-order valence-electron chi connectivity index (χ0n) is 17.1. The molecule has 0 bridgehead atoms. The summed E-state index contributed by atoms with van der Waals surface area (Å²) >= 11 is 0. The van der Waals surface area contributed by atoms with E-state index in [4.69, 9.17) is 0 Å². The number of ketones is 1. The standard InChI is InChI=1S/C21H26FN3O3/c1-7-12(3)23-21(28)19(26)18-13(4)17(14(5)25(18)6)20(27)24-15-8-9-16(22)11(2)10-15/h8-10,12H,7H2,1-6H3,(H,23,28)(H,24,27)/t12-/m1/s1. The van der Waals surface area contributed by atoms with Crippen LogP contribution in [-0.2, 0) is 11.8 Å². The van der Waals surface area contributed by atoms with Gasteiger partial charge in [0.2, 0.25) is 0 Å². The van der Waals surface area contributed by atoms with Crippen LogP contribution < -0.4 is 10.6 Å². The monoisotopic (exact) mass is 387 g/mol. The first-order valence-corrected chi connectivity index (χ1v) is 9.17. The summed E-state index contributed by atoms with van der Waals surface area (Å²) < 4.78 is 15.0. The van der Waals surface area contributed by atoms with E-state index in [2.05, 4.69) is 10.6 Å². The second kappa shape index (κ2) is 8.37. The van der Waals surface area contributed by atoms with Gasteiger partial charge in [-0.05, 0) is 63.4 Å². The smallest absolute Gasteiger partial charge is 0.294 e. The Labute approximate surface area is 164 Å². The fourth-order valence-corrected chi connectivity index (χ4v) is 3.05. The lowest BCUT2D eigenvalue weighted by Crippen LogP contribution is -2.38. The molecule has 1 aromatic heterocycles. The number of aromatic nitrogens is 1. The molecular weight excluding hydrogens is 361 g/mol. The third kappa shape index (κ3) is 4.13. The molecule has 0 saturated carbocycles. The van der Waals surface area contributed by atoms with Crippen molar-refractivity contribution in [2.24, 2.45) is 7.05 Å². The van der Waals surface area contributed by atoms with Crippen LogP contribution in [0.2, 0.25) is 0 Å². The molecule has 150 valence electrons. The fourth-order valence-electron chi connectivity index (χ4n) is 3.05. The van der Waals surface area contributed by atoms with Crippen molar-refractivity contribution in [3.8, 4) is 0 Å². The first-order valence-electron chi connectivity index (χ1n) is 9.17. The highest BCUT2D eigenvalue weighted by molar-refractivity contribution is 6.43. The summed E-state index contributed by atoms with van der Waals surface area (Å²) in [4.78, 5) is 37.7. The van der Waals surface area contributed by atoms with Crippen LogP contribution in [0.25, 0.3) is 0 Å². The SMILES string of the molecule is CC[C@@H](C)NC(=O)C(=O)c1c(C)c(C(=O)Nc2ccc(F)c(C)c2)c(C)n1C. The highest BCUT2D eigenvalue weighted by atomic mass is 19.1. The molecule has 0 unspecified atom stereocenters. The van der Waals surface area contributed by atoms with Crippen molar-refractivity contribution >= 4 is 23.3 Å². The number of benzene rings is 1. The molecule has 1 heterocycles. The molecule has 1 atom stereocenters. The number of carbonyl (C=O) groups is 3. The summed E-state index contributed by atoms with van der Waals surface area (Å²) in [7, 11) is 1.64. The molecule has 28 heavy (non-hydrogen) atoms. The third-order valence-corrected chi connectivity index (χ3v) is 4.98. The number of aryl methyl sites for hydroxylation is 1. The van der Waals surface area contributed by atoms with Gasteiger partial charge in [-0.3, -0.25) is 14.4 Å². The Kier molecular flexibility index (Phi) is 6.38. The van der Waals surface area contributed by atoms with E-state index in [0.29, 0.717) is 34.5 Å². The second-order valence-electron chi connectivity index (χ2n) is 7.02. The van der Waals surface area contributed by atoms with E-state index in [1.807, 2.05) is 13.8 Å². The van der Waals surface area contributed by atoms with E-state index in [-0.39, 0.29) is 17.6 Å². The molecule has 0 fully saturated rings. The van der Waals surface area contributed by atoms with Crippen molar-refractivity contribution in [3.05, 3.63) is 52.1 Å². The lowest BCUT2D eigenvalue weighted by atomic mass is 10.1. The van der Waals surface area contributed by atoms with Crippen molar-refractivity contribution in [2.45, 2.75) is 47.1 Å². The molecule has 0 saturated heterocycles. The quantitative estimate of drug-likeness (QED) is 0.589. The predicted octanol–water partition coefficient (Wildman–Crippen LogP) is 3.44. The van der Waals surface area contributed by atoms with Gasteiger partial charge in [-0.2, -0.15) is 0 Å². The zero-order chi connectivity index (χ0) is 21.2. The zero-order valence-corrected chi connectivity index (χ0v) is 17.1. The van der Waals surface area contributed by atoms with Crippen LogP contribution in [0.5, 0.6) is 0 Å². The summed E-state index contributed by atoms with van der Waals surface area (Å²) in [5.74, 6) is -2.15. The predicted molar refractivity (Wildman–Crippen MR) is 106 cm³/mol. The minimum atomic E-state index is -0.695. The number of carbonyl (C=O) groups excluding carboxylic acids is 3.